The van der Waals surface area contributed by atoms with Crippen LogP contribution in [0.3, 0.4) is 0 Å². The number of aryl methyl sites for hydroxylation is 1. The van der Waals surface area contributed by atoms with E-state index in [4.69, 9.17) is 9.47 Å². The average Bonchev–Trinajstić information content (AvgIpc) is 2.73. The average molecular weight is 386 g/mol. The summed E-state index contributed by atoms with van der Waals surface area (Å²) in [7, 11) is 3.31. The zero-order valence-corrected chi connectivity index (χ0v) is 16.5. The minimum absolute atomic E-state index is 0.0851. The van der Waals surface area contributed by atoms with E-state index in [2.05, 4.69) is 4.90 Å². The van der Waals surface area contributed by atoms with E-state index >= 15 is 0 Å². The molecule has 1 fully saturated rings. The fraction of sp³-hybridized carbons (Fsp3) is 0.409. The highest BCUT2D eigenvalue weighted by atomic mass is 19.1. The standard InChI is InChI=1S/C22H27FN2O3/c1-27-19-8-9-21(28-2)18(15-19)16-24-11-13-25(14-12-24)22(26)10-7-17-5-3-4-6-20(17)23/h3-6,8-9,15H,7,10-14,16H2,1-2H3. The van der Waals surface area contributed by atoms with Gasteiger partial charge >= 0.3 is 0 Å². The summed E-state index contributed by atoms with van der Waals surface area (Å²) in [4.78, 5) is 16.7. The van der Waals surface area contributed by atoms with Crippen molar-refractivity contribution in [3.63, 3.8) is 0 Å². The largest absolute Gasteiger partial charge is 0.497 e. The molecular formula is C22H27FN2O3. The molecule has 1 heterocycles. The number of hydrogen-bond acceptors (Lipinski definition) is 4. The maximum atomic E-state index is 13.7. The monoisotopic (exact) mass is 386 g/mol. The van der Waals surface area contributed by atoms with Crippen molar-refractivity contribution in [3.05, 3.63) is 59.4 Å². The van der Waals surface area contributed by atoms with E-state index in [1.165, 1.54) is 6.07 Å². The van der Waals surface area contributed by atoms with E-state index in [9.17, 15) is 9.18 Å². The first-order valence-electron chi connectivity index (χ1n) is 9.55. The quantitative estimate of drug-likeness (QED) is 0.733. The molecule has 0 aromatic heterocycles. The zero-order valence-electron chi connectivity index (χ0n) is 16.5. The molecule has 0 radical (unpaired) electrons. The molecule has 0 unspecified atom stereocenters. The number of carbonyl (C=O) groups excluding carboxylic acids is 1. The number of nitrogens with zero attached hydrogens (tertiary/aromatic N) is 2. The van der Waals surface area contributed by atoms with E-state index in [-0.39, 0.29) is 11.7 Å². The Kier molecular flexibility index (Phi) is 6.87. The van der Waals surface area contributed by atoms with Crippen molar-refractivity contribution >= 4 is 5.91 Å². The van der Waals surface area contributed by atoms with Crippen molar-refractivity contribution in [1.29, 1.82) is 0 Å². The lowest BCUT2D eigenvalue weighted by molar-refractivity contribution is -0.133. The van der Waals surface area contributed by atoms with Crippen molar-refractivity contribution in [3.8, 4) is 11.5 Å². The number of rotatable bonds is 7. The summed E-state index contributed by atoms with van der Waals surface area (Å²) in [6.45, 7) is 3.71. The Labute approximate surface area is 165 Å². The van der Waals surface area contributed by atoms with Crippen LogP contribution in [-0.2, 0) is 17.8 Å². The Morgan fingerprint density at radius 1 is 1.00 bits per heavy atom. The maximum absolute atomic E-state index is 13.7. The van der Waals surface area contributed by atoms with Gasteiger partial charge in [0.25, 0.3) is 0 Å². The second-order valence-electron chi connectivity index (χ2n) is 6.93. The molecule has 0 bridgehead atoms. The molecule has 2 aromatic rings. The molecule has 1 amide bonds. The lowest BCUT2D eigenvalue weighted by Gasteiger charge is -2.35. The van der Waals surface area contributed by atoms with Gasteiger partial charge < -0.3 is 14.4 Å². The van der Waals surface area contributed by atoms with Crippen LogP contribution in [-0.4, -0.2) is 56.1 Å². The van der Waals surface area contributed by atoms with E-state index in [0.717, 1.165) is 36.7 Å². The number of hydrogen-bond donors (Lipinski definition) is 0. The fourth-order valence-corrected chi connectivity index (χ4v) is 3.50. The second kappa shape index (κ2) is 9.55. The van der Waals surface area contributed by atoms with Crippen LogP contribution in [0.2, 0.25) is 0 Å². The van der Waals surface area contributed by atoms with E-state index < -0.39 is 0 Å². The lowest BCUT2D eigenvalue weighted by atomic mass is 10.1. The van der Waals surface area contributed by atoms with Crippen molar-refractivity contribution in [2.75, 3.05) is 40.4 Å². The molecule has 6 heteroatoms. The summed E-state index contributed by atoms with van der Waals surface area (Å²) in [6.07, 6.45) is 0.775. The van der Waals surface area contributed by atoms with Crippen molar-refractivity contribution in [1.82, 2.24) is 9.80 Å². The molecule has 1 aliphatic heterocycles. The molecule has 1 aliphatic rings. The molecule has 2 aromatic carbocycles. The first-order chi connectivity index (χ1) is 13.6. The number of carbonyl (C=O) groups is 1. The molecule has 3 rings (SSSR count). The summed E-state index contributed by atoms with van der Waals surface area (Å²) in [5.74, 6) is 1.48. The number of amides is 1. The Balaban J connectivity index is 1.50. The normalized spacial score (nSPS) is 14.8. The van der Waals surface area contributed by atoms with Crippen LogP contribution in [0.15, 0.2) is 42.5 Å². The summed E-state index contributed by atoms with van der Waals surface area (Å²) in [5.41, 5.74) is 1.67. The summed E-state index contributed by atoms with van der Waals surface area (Å²) < 4.78 is 24.5. The predicted octanol–water partition coefficient (Wildman–Crippen LogP) is 3.12. The Hall–Kier alpha value is -2.60. The molecule has 28 heavy (non-hydrogen) atoms. The highest BCUT2D eigenvalue weighted by Crippen LogP contribution is 2.25. The minimum Gasteiger partial charge on any atom is -0.497 e. The van der Waals surface area contributed by atoms with Crippen LogP contribution < -0.4 is 9.47 Å². The SMILES string of the molecule is COc1ccc(OC)c(CN2CCN(C(=O)CCc3ccccc3F)CC2)c1. The molecule has 0 saturated carbocycles. The number of piperazine rings is 1. The minimum atomic E-state index is -0.243. The zero-order chi connectivity index (χ0) is 19.9. The van der Waals surface area contributed by atoms with Gasteiger partial charge in [-0.15, -0.1) is 0 Å². The third-order valence-electron chi connectivity index (χ3n) is 5.17. The topological polar surface area (TPSA) is 42.0 Å². The molecule has 1 saturated heterocycles. The van der Waals surface area contributed by atoms with Crippen molar-refractivity contribution in [2.24, 2.45) is 0 Å². The number of ether oxygens (including phenoxy) is 2. The van der Waals surface area contributed by atoms with Crippen LogP contribution in [0.1, 0.15) is 17.5 Å². The second-order valence-corrected chi connectivity index (χ2v) is 6.93. The molecule has 5 nitrogen and oxygen atoms in total. The van der Waals surface area contributed by atoms with Gasteiger partial charge in [-0.25, -0.2) is 4.39 Å². The van der Waals surface area contributed by atoms with Gasteiger partial charge in [-0.1, -0.05) is 18.2 Å². The van der Waals surface area contributed by atoms with Crippen LogP contribution >= 0.6 is 0 Å². The van der Waals surface area contributed by atoms with Crippen LogP contribution in [0, 0.1) is 5.82 Å². The molecule has 150 valence electrons. The number of benzene rings is 2. The fourth-order valence-electron chi connectivity index (χ4n) is 3.50. The molecule has 0 aliphatic carbocycles. The highest BCUT2D eigenvalue weighted by Gasteiger charge is 2.22. The van der Waals surface area contributed by atoms with Crippen LogP contribution in [0.4, 0.5) is 4.39 Å². The van der Waals surface area contributed by atoms with Crippen LogP contribution in [0.5, 0.6) is 11.5 Å². The van der Waals surface area contributed by atoms with E-state index in [0.29, 0.717) is 31.5 Å². The predicted molar refractivity (Wildman–Crippen MR) is 106 cm³/mol. The Morgan fingerprint density at radius 2 is 1.75 bits per heavy atom. The Bertz CT molecular complexity index is 804. The number of halogens is 1. The third kappa shape index (κ3) is 5.01. The van der Waals surface area contributed by atoms with Gasteiger partial charge in [0.05, 0.1) is 14.2 Å². The van der Waals surface area contributed by atoms with Gasteiger partial charge in [-0.2, -0.15) is 0 Å². The molecule has 0 spiro atoms. The van der Waals surface area contributed by atoms with Gasteiger partial charge in [-0.3, -0.25) is 9.69 Å². The first kappa shape index (κ1) is 20.1. The van der Waals surface area contributed by atoms with Crippen LogP contribution in [0.25, 0.3) is 0 Å². The molecule has 0 N–H and O–H groups in total. The van der Waals surface area contributed by atoms with E-state index in [1.54, 1.807) is 32.4 Å². The van der Waals surface area contributed by atoms with Gasteiger partial charge in [0.15, 0.2) is 0 Å². The van der Waals surface area contributed by atoms with Gasteiger partial charge in [0.1, 0.15) is 17.3 Å². The smallest absolute Gasteiger partial charge is 0.222 e. The summed E-state index contributed by atoms with van der Waals surface area (Å²) in [6, 6.07) is 12.4. The summed E-state index contributed by atoms with van der Waals surface area (Å²) >= 11 is 0. The lowest BCUT2D eigenvalue weighted by Crippen LogP contribution is -2.48. The number of methoxy groups -OCH3 is 2. The summed E-state index contributed by atoms with van der Waals surface area (Å²) in [5, 5.41) is 0. The highest BCUT2D eigenvalue weighted by molar-refractivity contribution is 5.76. The molecular weight excluding hydrogens is 359 g/mol. The van der Waals surface area contributed by atoms with Gasteiger partial charge in [0, 0.05) is 44.7 Å². The van der Waals surface area contributed by atoms with E-state index in [1.807, 2.05) is 23.1 Å². The van der Waals surface area contributed by atoms with Gasteiger partial charge in [0.2, 0.25) is 5.91 Å². The Morgan fingerprint density at radius 3 is 2.43 bits per heavy atom. The van der Waals surface area contributed by atoms with Crippen molar-refractivity contribution in [2.45, 2.75) is 19.4 Å². The first-order valence-corrected chi connectivity index (χ1v) is 9.55. The maximum Gasteiger partial charge on any atom is 0.222 e. The third-order valence-corrected chi connectivity index (χ3v) is 5.17. The van der Waals surface area contributed by atoms with Crippen molar-refractivity contribution < 1.29 is 18.7 Å². The molecule has 0 atom stereocenters. The van der Waals surface area contributed by atoms with Gasteiger partial charge in [-0.05, 0) is 36.2 Å².